The van der Waals surface area contributed by atoms with Crippen molar-refractivity contribution in [2.75, 3.05) is 24.7 Å². The lowest BCUT2D eigenvalue weighted by molar-refractivity contribution is -0.218. The van der Waals surface area contributed by atoms with E-state index in [-0.39, 0.29) is 34.2 Å². The van der Waals surface area contributed by atoms with Crippen LogP contribution in [-0.2, 0) is 43.9 Å². The highest BCUT2D eigenvalue weighted by Gasteiger charge is 2.52. The van der Waals surface area contributed by atoms with E-state index in [2.05, 4.69) is 29.9 Å². The van der Waals surface area contributed by atoms with Gasteiger partial charge in [-0.1, -0.05) is 11.8 Å². The maximum Gasteiger partial charge on any atom is 0.472 e. The van der Waals surface area contributed by atoms with Crippen LogP contribution in [0.25, 0.3) is 22.3 Å². The minimum absolute atomic E-state index is 0.0841. The molecular weight excluding hydrogens is 682 g/mol. The summed E-state index contributed by atoms with van der Waals surface area (Å²) in [6.07, 6.45) is -10.2. The molecule has 0 aliphatic carbocycles. The number of nitrogens with two attached hydrogens (primary N) is 2. The highest BCUT2D eigenvalue weighted by Crippen LogP contribution is 2.52. The molecule has 0 amide bonds. The largest absolute Gasteiger partial charge is 0.780 e. The lowest BCUT2D eigenvalue weighted by atomic mass is 10.1. The number of H-pyrrole nitrogens is 2. The molecular formula is C20H23N10O13P2S-. The van der Waals surface area contributed by atoms with Crippen LogP contribution >= 0.6 is 14.5 Å². The number of phosphoric acid groups is 1. The van der Waals surface area contributed by atoms with E-state index < -0.39 is 88.0 Å². The SMILES string of the molecule is Nc1nc2c(ncn2[C@@H]2O[C@@H]3COP([O-])(=S)O[C@H]4[C@@H](O)[C@H](n5cnc6c(=O)[nH]c(N)nc65)O[C@@H]4COP(=O)(O)O[C@H]3[C@H]2O)c(=O)[nH]1. The van der Waals surface area contributed by atoms with E-state index >= 15 is 0 Å². The van der Waals surface area contributed by atoms with Gasteiger partial charge in [-0.3, -0.25) is 37.7 Å². The van der Waals surface area contributed by atoms with Crippen LogP contribution in [0.15, 0.2) is 22.2 Å². The van der Waals surface area contributed by atoms with Gasteiger partial charge in [-0.25, -0.2) is 14.5 Å². The molecule has 3 aliphatic heterocycles. The Morgan fingerprint density at radius 2 is 1.33 bits per heavy atom. The highest BCUT2D eigenvalue weighted by atomic mass is 32.5. The standard InChI is InChI=1S/C20H24N10O13P2S/c21-19-25-13-7(15(33)27-19)23-3-29(13)17-9(31)11-6(41-17)2-39-45(37,46)43-12-5(1-38-44(35,36)42-11)40-18(10(12)32)30-4-24-8-14(30)26-20(22)28-16(8)34/h3-6,9-12,17-18,31-32H,1-2H2,(H,35,36)(H,37,46)(H3,21,25,27,33)(H3,22,26,28,34)/p-1/t5-,6-,9-,10-,11-,12-,17-,18-,45?/m1/s1. The van der Waals surface area contributed by atoms with Gasteiger partial charge in [0.15, 0.2) is 34.8 Å². The van der Waals surface area contributed by atoms with E-state index in [0.717, 1.165) is 21.8 Å². The molecule has 0 bridgehead atoms. The van der Waals surface area contributed by atoms with Crippen molar-refractivity contribution in [1.82, 2.24) is 39.0 Å². The number of aromatic amines is 2. The van der Waals surface area contributed by atoms with Crippen LogP contribution in [0.3, 0.4) is 0 Å². The average Bonchev–Trinajstić information content (AvgIpc) is 3.72. The molecule has 26 heteroatoms. The Balaban J connectivity index is 1.18. The summed E-state index contributed by atoms with van der Waals surface area (Å²) in [4.78, 5) is 68.9. The Kier molecular flexibility index (Phi) is 7.64. The van der Waals surface area contributed by atoms with Crippen LogP contribution in [0, 0.1) is 0 Å². The van der Waals surface area contributed by atoms with E-state index in [1.165, 1.54) is 0 Å². The van der Waals surface area contributed by atoms with Crippen LogP contribution in [0.5, 0.6) is 0 Å². The first-order valence-corrected chi connectivity index (χ1v) is 17.2. The fraction of sp³-hybridized carbons (Fsp3) is 0.500. The number of aliphatic hydroxyl groups excluding tert-OH is 2. The Morgan fingerprint density at radius 3 is 1.83 bits per heavy atom. The van der Waals surface area contributed by atoms with Gasteiger partial charge in [0.2, 0.25) is 11.9 Å². The predicted octanol–water partition coefficient (Wildman–Crippen LogP) is -3.56. The second-order valence-corrected chi connectivity index (χ2v) is 14.4. The molecule has 46 heavy (non-hydrogen) atoms. The first-order valence-electron chi connectivity index (χ1n) is 13.1. The molecule has 23 nitrogen and oxygen atoms in total. The van der Waals surface area contributed by atoms with Crippen molar-refractivity contribution in [2.45, 2.75) is 49.1 Å². The van der Waals surface area contributed by atoms with Crippen molar-refractivity contribution >= 4 is 60.6 Å². The molecule has 4 aromatic heterocycles. The number of fused-ring (bicyclic) bond motifs is 4. The molecule has 2 unspecified atom stereocenters. The topological polar surface area (TPSA) is 335 Å². The van der Waals surface area contributed by atoms with E-state index in [4.69, 9.17) is 50.8 Å². The molecule has 248 valence electrons. The van der Waals surface area contributed by atoms with E-state index in [1.807, 2.05) is 0 Å². The number of aliphatic hydroxyl groups is 2. The Hall–Kier alpha value is -3.22. The number of hydrogen-bond donors (Lipinski definition) is 7. The summed E-state index contributed by atoms with van der Waals surface area (Å²) in [5.41, 5.74) is 9.47. The van der Waals surface area contributed by atoms with Crippen molar-refractivity contribution in [3.8, 4) is 0 Å². The molecule has 10 atom stereocenters. The smallest absolute Gasteiger partial charge is 0.472 e. The van der Waals surface area contributed by atoms with Gasteiger partial charge in [-0.15, -0.1) is 0 Å². The average molecular weight is 705 g/mol. The van der Waals surface area contributed by atoms with Gasteiger partial charge in [-0.05, 0) is 0 Å². The number of phosphoric ester groups is 1. The number of ether oxygens (including phenoxy) is 2. The van der Waals surface area contributed by atoms with Crippen molar-refractivity contribution in [2.24, 2.45) is 0 Å². The lowest BCUT2D eigenvalue weighted by Crippen LogP contribution is -2.40. The number of rotatable bonds is 2. The van der Waals surface area contributed by atoms with Crippen molar-refractivity contribution < 1.29 is 52.1 Å². The van der Waals surface area contributed by atoms with Crippen molar-refractivity contribution in [3.63, 3.8) is 0 Å². The number of aromatic nitrogens is 8. The quantitative estimate of drug-likeness (QED) is 0.0992. The number of anilines is 2. The molecule has 4 aromatic rings. The molecule has 9 N–H and O–H groups in total. The summed E-state index contributed by atoms with van der Waals surface area (Å²) in [7, 11) is -5.06. The summed E-state index contributed by atoms with van der Waals surface area (Å²) >= 11 is 5.06. The van der Waals surface area contributed by atoms with E-state index in [0.29, 0.717) is 0 Å². The van der Waals surface area contributed by atoms with Gasteiger partial charge in [-0.2, -0.15) is 9.97 Å². The first-order chi connectivity index (χ1) is 21.7. The van der Waals surface area contributed by atoms with Gasteiger partial charge in [0.1, 0.15) is 43.3 Å². The number of imidazole rings is 2. The van der Waals surface area contributed by atoms with Gasteiger partial charge in [0, 0.05) is 0 Å². The molecule has 0 radical (unpaired) electrons. The van der Waals surface area contributed by atoms with Crippen LogP contribution in [0.1, 0.15) is 12.5 Å². The van der Waals surface area contributed by atoms with Crippen LogP contribution < -0.4 is 27.5 Å². The number of nitrogens with one attached hydrogen (secondary N) is 2. The van der Waals surface area contributed by atoms with Crippen LogP contribution in [0.2, 0.25) is 0 Å². The fourth-order valence-corrected chi connectivity index (χ4v) is 7.78. The summed E-state index contributed by atoms with van der Waals surface area (Å²) < 4.78 is 48.3. The molecule has 3 aliphatic rings. The molecule has 0 aromatic carbocycles. The van der Waals surface area contributed by atoms with Crippen LogP contribution in [0.4, 0.5) is 11.9 Å². The zero-order chi connectivity index (χ0) is 32.7. The molecule has 3 saturated heterocycles. The number of nitrogens with zero attached hydrogens (tertiary/aromatic N) is 6. The Morgan fingerprint density at radius 1 is 0.870 bits per heavy atom. The Bertz CT molecular complexity index is 1910. The monoisotopic (exact) mass is 705 g/mol. The third kappa shape index (κ3) is 5.45. The normalized spacial score (nSPS) is 37.1. The molecule has 3 fully saturated rings. The molecule has 7 rings (SSSR count). The number of nitrogen functional groups attached to an aromatic ring is 2. The van der Waals surface area contributed by atoms with Gasteiger partial charge < -0.3 is 50.0 Å². The number of hydrogen-bond acceptors (Lipinski definition) is 19. The maximum atomic E-state index is 13.3. The highest BCUT2D eigenvalue weighted by molar-refractivity contribution is 8.06. The van der Waals surface area contributed by atoms with Crippen molar-refractivity contribution in [3.05, 3.63) is 33.4 Å². The summed E-state index contributed by atoms with van der Waals surface area (Å²) in [6, 6.07) is 0. The minimum atomic E-state index is -5.06. The molecule has 0 spiro atoms. The predicted molar refractivity (Wildman–Crippen MR) is 151 cm³/mol. The second-order valence-electron chi connectivity index (χ2n) is 10.3. The first kappa shape index (κ1) is 31.4. The zero-order valence-corrected chi connectivity index (χ0v) is 25.4. The molecule has 0 saturated carbocycles. The maximum absolute atomic E-state index is 13.3. The summed E-state index contributed by atoms with van der Waals surface area (Å²) in [6.45, 7) is -6.05. The molecule has 7 heterocycles. The van der Waals surface area contributed by atoms with Gasteiger partial charge >= 0.3 is 7.82 Å². The second kappa shape index (κ2) is 11.2. The van der Waals surface area contributed by atoms with Crippen molar-refractivity contribution in [1.29, 1.82) is 0 Å². The minimum Gasteiger partial charge on any atom is -0.780 e. The lowest BCUT2D eigenvalue weighted by Gasteiger charge is -2.35. The van der Waals surface area contributed by atoms with Crippen LogP contribution in [-0.4, -0.2) is 104 Å². The van der Waals surface area contributed by atoms with E-state index in [9.17, 15) is 34.2 Å². The fourth-order valence-electron chi connectivity index (χ4n) is 5.38. The van der Waals surface area contributed by atoms with E-state index in [1.54, 1.807) is 0 Å². The van der Waals surface area contributed by atoms with Gasteiger partial charge in [0.25, 0.3) is 11.1 Å². The summed E-state index contributed by atoms with van der Waals surface area (Å²) in [5.74, 6) is -0.519. The van der Waals surface area contributed by atoms with Gasteiger partial charge in [0.05, 0.1) is 25.9 Å². The zero-order valence-electron chi connectivity index (χ0n) is 22.8. The Labute approximate surface area is 258 Å². The third-order valence-corrected chi connectivity index (χ3v) is 9.90. The summed E-state index contributed by atoms with van der Waals surface area (Å²) in [5, 5.41) is 22.3. The third-order valence-electron chi connectivity index (χ3n) is 7.37.